The molecule has 128 valence electrons. The van der Waals surface area contributed by atoms with Gasteiger partial charge in [0.1, 0.15) is 0 Å². The first-order valence-corrected chi connectivity index (χ1v) is 8.23. The zero-order valence-corrected chi connectivity index (χ0v) is 13.8. The van der Waals surface area contributed by atoms with E-state index >= 15 is 0 Å². The third-order valence-electron chi connectivity index (χ3n) is 1.97. The average molecular weight is 386 g/mol. The summed E-state index contributed by atoms with van der Waals surface area (Å²) in [4.78, 5) is 0. The van der Waals surface area contributed by atoms with E-state index in [1.54, 1.807) is 0 Å². The molecule has 0 atom stereocenters. The number of rotatable bonds is 2. The molecule has 0 radical (unpaired) electrons. The summed E-state index contributed by atoms with van der Waals surface area (Å²) in [7, 11) is -10.7. The number of benzene rings is 1. The maximum absolute atomic E-state index is 10.7. The summed E-state index contributed by atoms with van der Waals surface area (Å²) < 4.78 is 59.2. The van der Waals surface area contributed by atoms with Crippen LogP contribution in [0.5, 0.6) is 0 Å². The Kier molecular flexibility index (Phi) is 9.35. The van der Waals surface area contributed by atoms with Crippen LogP contribution >= 0.6 is 7.81 Å². The maximum Gasteiger partial charge on any atom is 2.00 e. The van der Waals surface area contributed by atoms with Gasteiger partial charge in [-0.05, 0) is 12.0 Å². The van der Waals surface area contributed by atoms with Crippen molar-refractivity contribution in [1.82, 2.24) is 0 Å². The van der Waals surface area contributed by atoms with Gasteiger partial charge in [0.25, 0.3) is 0 Å². The van der Waals surface area contributed by atoms with Gasteiger partial charge in [-0.2, -0.15) is 6.08 Å². The monoisotopic (exact) mass is 386 g/mol. The van der Waals surface area contributed by atoms with Gasteiger partial charge < -0.3 is 0 Å². The van der Waals surface area contributed by atoms with Gasteiger partial charge in [-0.15, -0.1) is 6.42 Å². The predicted molar refractivity (Wildman–Crippen MR) is 75.6 cm³/mol. The first-order chi connectivity index (χ1) is 9.38. The fourth-order valence-electron chi connectivity index (χ4n) is 1.27. The number of allylic oxidation sites excluding steroid dienone is 4. The molecule has 0 bridgehead atoms. The number of hydrogen-bond donors (Lipinski definition) is 0. The van der Waals surface area contributed by atoms with Crippen molar-refractivity contribution in [2.24, 2.45) is 0 Å². The second-order valence-electron chi connectivity index (χ2n) is 4.20. The number of aryl methyl sites for hydroxylation is 1. The van der Waals surface area contributed by atoms with E-state index in [-0.39, 0.29) is 17.1 Å². The molecule has 0 heterocycles. The van der Waals surface area contributed by atoms with Crippen LogP contribution in [0.1, 0.15) is 25.3 Å². The van der Waals surface area contributed by atoms with E-state index in [2.05, 4.69) is 49.4 Å². The van der Waals surface area contributed by atoms with Gasteiger partial charge in [-0.3, -0.25) is 6.08 Å². The van der Waals surface area contributed by atoms with Gasteiger partial charge in [-0.1, -0.05) is 43.7 Å². The van der Waals surface area contributed by atoms with Crippen LogP contribution in [-0.4, -0.2) is 0 Å². The molecule has 0 aliphatic heterocycles. The Morgan fingerprint density at radius 2 is 1.50 bits per heavy atom. The molecule has 0 saturated heterocycles. The summed E-state index contributed by atoms with van der Waals surface area (Å²) in [6.07, 6.45) is 12.4. The molecule has 2 rings (SSSR count). The summed E-state index contributed by atoms with van der Waals surface area (Å²) in [5, 5.41) is 0. The second kappa shape index (κ2) is 8.76. The maximum atomic E-state index is 9.87. The average Bonchev–Trinajstić information content (AvgIpc) is 2.85. The Morgan fingerprint density at radius 1 is 1.00 bits per heavy atom. The zero-order valence-electron chi connectivity index (χ0n) is 11.8. The van der Waals surface area contributed by atoms with E-state index < -0.39 is 7.81 Å². The van der Waals surface area contributed by atoms with Crippen LogP contribution in [0.2, 0.25) is 0 Å². The largest absolute Gasteiger partial charge is 2.00 e. The van der Waals surface area contributed by atoms with Crippen LogP contribution in [0.25, 0.3) is 0 Å². The molecule has 0 aromatic heterocycles. The fourth-order valence-corrected chi connectivity index (χ4v) is 1.27. The van der Waals surface area contributed by atoms with Crippen LogP contribution in [0.4, 0.5) is 25.2 Å². The fraction of sp³-hybridized carbons (Fsp3) is 0.286. The van der Waals surface area contributed by atoms with Crippen molar-refractivity contribution in [3.8, 4) is 0 Å². The molecular weight excluding hydrogens is 369 g/mol. The van der Waals surface area contributed by atoms with Gasteiger partial charge in [0.05, 0.1) is 0 Å². The van der Waals surface area contributed by atoms with Crippen molar-refractivity contribution >= 4 is 7.81 Å². The van der Waals surface area contributed by atoms with E-state index in [1.165, 1.54) is 18.4 Å². The SMILES string of the molecule is CCCc1ccccc1.F[P-](F)(F)(F)(F)F.[C-]1=CC=CC1.[Fe+2]. The quantitative estimate of drug-likeness (QED) is 0.216. The molecule has 1 aromatic carbocycles. The molecule has 0 N–H and O–H groups in total. The van der Waals surface area contributed by atoms with E-state index in [9.17, 15) is 25.2 Å². The normalized spacial score (nSPS) is 15.2. The van der Waals surface area contributed by atoms with Crippen LogP contribution in [-0.2, 0) is 23.5 Å². The third-order valence-corrected chi connectivity index (χ3v) is 1.97. The van der Waals surface area contributed by atoms with Crippen molar-refractivity contribution in [3.63, 3.8) is 0 Å². The van der Waals surface area contributed by atoms with Crippen molar-refractivity contribution in [1.29, 1.82) is 0 Å². The Hall–Kier alpha value is -0.771. The smallest absolute Gasteiger partial charge is 0.273 e. The van der Waals surface area contributed by atoms with Crippen molar-refractivity contribution in [2.75, 3.05) is 0 Å². The Morgan fingerprint density at radius 3 is 1.77 bits per heavy atom. The minimum Gasteiger partial charge on any atom is -0.273 e. The van der Waals surface area contributed by atoms with E-state index in [0.717, 1.165) is 6.42 Å². The van der Waals surface area contributed by atoms with Gasteiger partial charge >= 0.3 is 50.1 Å². The molecule has 1 aliphatic rings. The molecule has 8 heteroatoms. The first kappa shape index (κ1) is 23.5. The standard InChI is InChI=1S/C9H12.C5H5.F6P.Fe/c1-2-6-9-7-4-3-5-8-9;1-2-4-5-3-1;1-7(2,3,4,5)6;/h3-5,7-8H,2,6H2,1H3;1-3H,4H2;;/q;2*-1;+2. The Labute approximate surface area is 137 Å². The Bertz CT molecular complexity index is 443. The van der Waals surface area contributed by atoms with Crippen molar-refractivity contribution in [2.45, 2.75) is 26.2 Å². The third kappa shape index (κ3) is 27.6. The number of halogens is 6. The summed E-state index contributed by atoms with van der Waals surface area (Å²) in [6.45, 7) is 2.20. The molecule has 0 amide bonds. The first-order valence-electron chi connectivity index (χ1n) is 6.20. The molecule has 1 aliphatic carbocycles. The molecule has 0 saturated carbocycles. The molecule has 22 heavy (non-hydrogen) atoms. The molecule has 1 aromatic rings. The predicted octanol–water partition coefficient (Wildman–Crippen LogP) is 7.32. The Balaban J connectivity index is 0. The van der Waals surface area contributed by atoms with Crippen molar-refractivity contribution in [3.05, 3.63) is 60.2 Å². The topological polar surface area (TPSA) is 0 Å². The molecule has 0 spiro atoms. The molecule has 0 nitrogen and oxygen atoms in total. The summed E-state index contributed by atoms with van der Waals surface area (Å²) in [6, 6.07) is 10.6. The minimum atomic E-state index is -10.7. The van der Waals surface area contributed by atoms with Crippen LogP contribution in [0, 0.1) is 6.08 Å². The second-order valence-corrected chi connectivity index (χ2v) is 6.11. The summed E-state index contributed by atoms with van der Waals surface area (Å²) in [5.74, 6) is 0. The van der Waals surface area contributed by atoms with E-state index in [0.29, 0.717) is 0 Å². The van der Waals surface area contributed by atoms with Gasteiger partial charge in [-0.25, -0.2) is 12.2 Å². The minimum absolute atomic E-state index is 0. The molecular formula is C14H17F6FeP. The summed E-state index contributed by atoms with van der Waals surface area (Å²) >= 11 is 0. The zero-order chi connectivity index (χ0) is 16.5. The summed E-state index contributed by atoms with van der Waals surface area (Å²) in [5.41, 5.74) is 1.44. The van der Waals surface area contributed by atoms with Gasteiger partial charge in [0.2, 0.25) is 0 Å². The van der Waals surface area contributed by atoms with Gasteiger partial charge in [0, 0.05) is 0 Å². The van der Waals surface area contributed by atoms with Crippen LogP contribution in [0.3, 0.4) is 0 Å². The molecule has 0 unspecified atom stereocenters. The van der Waals surface area contributed by atoms with Crippen LogP contribution < -0.4 is 0 Å². The van der Waals surface area contributed by atoms with E-state index in [1.807, 2.05) is 12.2 Å². The van der Waals surface area contributed by atoms with Crippen molar-refractivity contribution < 1.29 is 42.3 Å². The van der Waals surface area contributed by atoms with E-state index in [4.69, 9.17) is 0 Å². The molecule has 0 fully saturated rings. The van der Waals surface area contributed by atoms with Gasteiger partial charge in [0.15, 0.2) is 0 Å². The number of hydrogen-bond acceptors (Lipinski definition) is 0. The van der Waals surface area contributed by atoms with Crippen LogP contribution in [0.15, 0.2) is 48.6 Å².